The van der Waals surface area contributed by atoms with Gasteiger partial charge in [-0.15, -0.1) is 11.8 Å². The lowest BCUT2D eigenvalue weighted by Gasteiger charge is -2.35. The van der Waals surface area contributed by atoms with E-state index in [9.17, 15) is 9.59 Å². The van der Waals surface area contributed by atoms with Crippen LogP contribution in [0.1, 0.15) is 24.2 Å². The van der Waals surface area contributed by atoms with Gasteiger partial charge in [-0.2, -0.15) is 0 Å². The zero-order chi connectivity index (χ0) is 20.0. The Balaban J connectivity index is 1.38. The second-order valence-electron chi connectivity index (χ2n) is 7.64. The highest BCUT2D eigenvalue weighted by Crippen LogP contribution is 2.54. The predicted octanol–water partition coefficient (Wildman–Crippen LogP) is 3.11. The molecule has 2 atom stereocenters. The first-order chi connectivity index (χ1) is 14.1. The van der Waals surface area contributed by atoms with E-state index in [0.717, 1.165) is 28.8 Å². The summed E-state index contributed by atoms with van der Waals surface area (Å²) in [5.41, 5.74) is 2.95. The summed E-state index contributed by atoms with van der Waals surface area (Å²) < 4.78 is 0. The number of rotatable bonds is 4. The molecule has 7 heteroatoms. The normalized spacial score (nSPS) is 23.6. The molecular formula is C22H22N4O2S. The van der Waals surface area contributed by atoms with Gasteiger partial charge in [-0.1, -0.05) is 42.5 Å². The van der Waals surface area contributed by atoms with E-state index in [4.69, 9.17) is 0 Å². The maximum atomic E-state index is 13.3. The van der Waals surface area contributed by atoms with Gasteiger partial charge in [0.15, 0.2) is 0 Å². The lowest BCUT2D eigenvalue weighted by molar-refractivity contribution is -0.143. The van der Waals surface area contributed by atoms with Crippen molar-refractivity contribution in [3.8, 4) is 0 Å². The van der Waals surface area contributed by atoms with E-state index in [1.807, 2.05) is 47.4 Å². The number of thioether (sulfide) groups is 1. The van der Waals surface area contributed by atoms with E-state index >= 15 is 0 Å². The third-order valence-electron chi connectivity index (χ3n) is 5.84. The number of nitrogens with one attached hydrogen (secondary N) is 1. The first-order valence-corrected chi connectivity index (χ1v) is 10.8. The van der Waals surface area contributed by atoms with Crippen molar-refractivity contribution < 1.29 is 9.59 Å². The number of aromatic nitrogens is 2. The van der Waals surface area contributed by atoms with Crippen LogP contribution in [0.2, 0.25) is 0 Å². The highest BCUT2D eigenvalue weighted by Gasteiger charge is 2.57. The topological polar surface area (TPSA) is 69.3 Å². The van der Waals surface area contributed by atoms with Crippen LogP contribution < -0.4 is 0 Å². The molecule has 3 aromatic rings. The predicted molar refractivity (Wildman–Crippen MR) is 113 cm³/mol. The summed E-state index contributed by atoms with van der Waals surface area (Å²) in [6.07, 6.45) is 1.23. The fraction of sp³-hybridized carbons (Fsp3) is 0.318. The molecular weight excluding hydrogens is 384 g/mol. The van der Waals surface area contributed by atoms with E-state index in [-0.39, 0.29) is 11.8 Å². The molecule has 2 aliphatic heterocycles. The first kappa shape index (κ1) is 18.2. The van der Waals surface area contributed by atoms with Crippen LogP contribution in [0.3, 0.4) is 0 Å². The third kappa shape index (κ3) is 2.92. The Morgan fingerprint density at radius 2 is 2.00 bits per heavy atom. The lowest BCUT2D eigenvalue weighted by atomic mass is 10.0. The second-order valence-corrected chi connectivity index (χ2v) is 8.93. The number of hydrogen-bond acceptors (Lipinski definition) is 4. The standard InChI is InChI=1S/C22H22N4O2S/c1-25(13-19-23-16-9-5-6-10-17(16)24-19)21(28)18-14-29-22(12-11-20(27)26(18)22)15-7-3-2-4-8-15/h2-10,18H,11-14H2,1H3,(H,23,24). The van der Waals surface area contributed by atoms with E-state index in [0.29, 0.717) is 18.7 Å². The van der Waals surface area contributed by atoms with Crippen molar-refractivity contribution in [3.05, 3.63) is 66.0 Å². The van der Waals surface area contributed by atoms with Crippen molar-refractivity contribution in [2.45, 2.75) is 30.3 Å². The Bertz CT molecular complexity index is 1050. The Labute approximate surface area is 173 Å². The molecule has 1 aromatic heterocycles. The van der Waals surface area contributed by atoms with Gasteiger partial charge in [-0.3, -0.25) is 9.59 Å². The number of H-pyrrole nitrogens is 1. The molecule has 0 saturated carbocycles. The quantitative estimate of drug-likeness (QED) is 0.723. The van der Waals surface area contributed by atoms with Crippen molar-refractivity contribution in [1.29, 1.82) is 0 Å². The van der Waals surface area contributed by atoms with Crippen LogP contribution >= 0.6 is 11.8 Å². The fourth-order valence-corrected chi connectivity index (χ4v) is 6.10. The molecule has 5 rings (SSSR count). The Morgan fingerprint density at radius 3 is 2.79 bits per heavy atom. The van der Waals surface area contributed by atoms with Gasteiger partial charge in [0.05, 0.1) is 17.6 Å². The fourth-order valence-electron chi connectivity index (χ4n) is 4.46. The highest BCUT2D eigenvalue weighted by molar-refractivity contribution is 8.00. The summed E-state index contributed by atoms with van der Waals surface area (Å²) in [5.74, 6) is 1.39. The number of carbonyl (C=O) groups is 2. The molecule has 0 spiro atoms. The number of likely N-dealkylation sites (N-methyl/N-ethyl adjacent to an activating group) is 1. The summed E-state index contributed by atoms with van der Waals surface area (Å²) in [5, 5.41) is 0. The van der Waals surface area contributed by atoms with E-state index < -0.39 is 10.9 Å². The molecule has 2 amide bonds. The van der Waals surface area contributed by atoms with E-state index in [1.54, 1.807) is 23.7 Å². The van der Waals surface area contributed by atoms with Crippen molar-refractivity contribution in [2.24, 2.45) is 0 Å². The third-order valence-corrected chi connectivity index (χ3v) is 7.44. The Morgan fingerprint density at radius 1 is 1.24 bits per heavy atom. The number of fused-ring (bicyclic) bond motifs is 2. The monoisotopic (exact) mass is 406 g/mol. The van der Waals surface area contributed by atoms with Gasteiger partial charge in [-0.25, -0.2) is 4.98 Å². The molecule has 0 aliphatic carbocycles. The number of para-hydroxylation sites is 2. The molecule has 6 nitrogen and oxygen atoms in total. The summed E-state index contributed by atoms with van der Waals surface area (Å²) in [4.78, 5) is 37.0. The average molecular weight is 407 g/mol. The van der Waals surface area contributed by atoms with Crippen molar-refractivity contribution in [2.75, 3.05) is 12.8 Å². The smallest absolute Gasteiger partial charge is 0.246 e. The number of nitrogens with zero attached hydrogens (tertiary/aromatic N) is 3. The lowest BCUT2D eigenvalue weighted by Crippen LogP contribution is -2.50. The Kier molecular flexibility index (Phi) is 4.35. The summed E-state index contributed by atoms with van der Waals surface area (Å²) in [6.45, 7) is 0.384. The van der Waals surface area contributed by atoms with Gasteiger partial charge in [0.2, 0.25) is 11.8 Å². The molecule has 2 unspecified atom stereocenters. The van der Waals surface area contributed by atoms with Gasteiger partial charge in [-0.05, 0) is 24.1 Å². The molecule has 0 bridgehead atoms. The molecule has 29 heavy (non-hydrogen) atoms. The van der Waals surface area contributed by atoms with Gasteiger partial charge >= 0.3 is 0 Å². The molecule has 2 fully saturated rings. The number of hydrogen-bond donors (Lipinski definition) is 1. The molecule has 3 heterocycles. The van der Waals surface area contributed by atoms with Crippen LogP contribution in [0.15, 0.2) is 54.6 Å². The summed E-state index contributed by atoms with van der Waals surface area (Å²) >= 11 is 1.72. The Hall–Kier alpha value is -2.80. The average Bonchev–Trinajstić information content (AvgIpc) is 3.42. The van der Waals surface area contributed by atoms with E-state index in [2.05, 4.69) is 22.1 Å². The molecule has 148 valence electrons. The van der Waals surface area contributed by atoms with Crippen LogP contribution in [0, 0.1) is 0 Å². The molecule has 0 radical (unpaired) electrons. The minimum atomic E-state index is -0.440. The van der Waals surface area contributed by atoms with Crippen LogP contribution in [-0.2, 0) is 21.0 Å². The van der Waals surface area contributed by atoms with Gasteiger partial charge < -0.3 is 14.8 Å². The SMILES string of the molecule is CN(Cc1nc2ccccc2[nH]1)C(=O)C1CSC2(c3ccccc3)CCC(=O)N12. The zero-order valence-electron chi connectivity index (χ0n) is 16.2. The highest BCUT2D eigenvalue weighted by atomic mass is 32.2. The van der Waals surface area contributed by atoms with Gasteiger partial charge in [0.1, 0.15) is 16.7 Å². The van der Waals surface area contributed by atoms with Gasteiger partial charge in [0, 0.05) is 19.2 Å². The molecule has 2 aromatic carbocycles. The minimum absolute atomic E-state index is 0.0361. The maximum absolute atomic E-state index is 13.3. The number of imidazole rings is 1. The van der Waals surface area contributed by atoms with Crippen LogP contribution in [0.5, 0.6) is 0 Å². The minimum Gasteiger partial charge on any atom is -0.340 e. The molecule has 2 saturated heterocycles. The number of aromatic amines is 1. The van der Waals surface area contributed by atoms with E-state index in [1.165, 1.54) is 0 Å². The van der Waals surface area contributed by atoms with Gasteiger partial charge in [0.25, 0.3) is 0 Å². The van der Waals surface area contributed by atoms with Crippen LogP contribution in [0.4, 0.5) is 0 Å². The molecule has 1 N–H and O–H groups in total. The van der Waals surface area contributed by atoms with Crippen molar-refractivity contribution in [1.82, 2.24) is 19.8 Å². The number of amides is 2. The number of carbonyl (C=O) groups excluding carboxylic acids is 2. The van der Waals surface area contributed by atoms with Crippen molar-refractivity contribution >= 4 is 34.6 Å². The maximum Gasteiger partial charge on any atom is 0.246 e. The van der Waals surface area contributed by atoms with Crippen LogP contribution in [0.25, 0.3) is 11.0 Å². The first-order valence-electron chi connectivity index (χ1n) is 9.79. The number of benzene rings is 2. The largest absolute Gasteiger partial charge is 0.340 e. The molecule has 2 aliphatic rings. The summed E-state index contributed by atoms with van der Waals surface area (Å²) in [6, 6.07) is 17.5. The second kappa shape index (κ2) is 6.91. The zero-order valence-corrected chi connectivity index (χ0v) is 17.0. The van der Waals surface area contributed by atoms with Crippen LogP contribution in [-0.4, -0.2) is 50.4 Å². The van der Waals surface area contributed by atoms with Crippen molar-refractivity contribution in [3.63, 3.8) is 0 Å². The summed E-state index contributed by atoms with van der Waals surface area (Å²) in [7, 11) is 1.78.